The number of carboxylic acid groups (broad SMARTS) is 1. The molecule has 1 atom stereocenters. The van der Waals surface area contributed by atoms with Gasteiger partial charge in [0.25, 0.3) is 0 Å². The molecule has 0 fully saturated rings. The summed E-state index contributed by atoms with van der Waals surface area (Å²) in [6.07, 6.45) is 0. The quantitative estimate of drug-likeness (QED) is 0.896. The summed E-state index contributed by atoms with van der Waals surface area (Å²) in [6, 6.07) is 11.6. The molecule has 0 aliphatic rings. The monoisotopic (exact) mass is 244 g/mol. The first-order valence-corrected chi connectivity index (χ1v) is 6.02. The van der Waals surface area contributed by atoms with Crippen molar-refractivity contribution in [1.29, 1.82) is 0 Å². The zero-order valence-corrected chi connectivity index (χ0v) is 10.5. The van der Waals surface area contributed by atoms with Gasteiger partial charge in [0.05, 0.1) is 12.5 Å². The molecule has 0 saturated carbocycles. The van der Waals surface area contributed by atoms with Gasteiger partial charge < -0.3 is 9.84 Å². The van der Waals surface area contributed by atoms with E-state index in [9.17, 15) is 4.79 Å². The number of rotatable bonds is 4. The highest BCUT2D eigenvalue weighted by atomic mass is 16.5. The summed E-state index contributed by atoms with van der Waals surface area (Å²) >= 11 is 0. The van der Waals surface area contributed by atoms with E-state index in [2.05, 4.69) is 0 Å². The molecule has 3 heteroatoms. The Balaban J connectivity index is 2.66. The second-order valence-corrected chi connectivity index (χ2v) is 4.20. The number of carboxylic acids is 1. The first kappa shape index (κ1) is 12.4. The summed E-state index contributed by atoms with van der Waals surface area (Å²) in [6.45, 7) is 4.10. The number of hydrogen-bond acceptors (Lipinski definition) is 2. The molecule has 0 amide bonds. The fourth-order valence-electron chi connectivity index (χ4n) is 2.04. The van der Waals surface area contributed by atoms with Crippen LogP contribution in [0.25, 0.3) is 10.8 Å². The number of ether oxygens (including phenoxy) is 1. The SMILES string of the molecule is CCOc1c(C(C)C(=O)O)ccc2ccccc12. The fourth-order valence-corrected chi connectivity index (χ4v) is 2.04. The molecular weight excluding hydrogens is 228 g/mol. The minimum Gasteiger partial charge on any atom is -0.493 e. The molecule has 0 spiro atoms. The molecule has 2 rings (SSSR count). The Morgan fingerprint density at radius 1 is 1.28 bits per heavy atom. The van der Waals surface area contributed by atoms with Crippen LogP contribution in [0, 0.1) is 0 Å². The number of fused-ring (bicyclic) bond motifs is 1. The van der Waals surface area contributed by atoms with Crippen molar-refractivity contribution in [2.45, 2.75) is 19.8 Å². The van der Waals surface area contributed by atoms with Gasteiger partial charge in [0, 0.05) is 10.9 Å². The van der Waals surface area contributed by atoms with Gasteiger partial charge in [-0.05, 0) is 19.2 Å². The average Bonchev–Trinajstić information content (AvgIpc) is 2.38. The third-order valence-electron chi connectivity index (χ3n) is 3.04. The van der Waals surface area contributed by atoms with Gasteiger partial charge >= 0.3 is 5.97 Å². The van der Waals surface area contributed by atoms with Gasteiger partial charge in [0.1, 0.15) is 5.75 Å². The van der Waals surface area contributed by atoms with Crippen molar-refractivity contribution in [2.24, 2.45) is 0 Å². The summed E-state index contributed by atoms with van der Waals surface area (Å²) in [5, 5.41) is 11.2. The maximum Gasteiger partial charge on any atom is 0.310 e. The van der Waals surface area contributed by atoms with Gasteiger partial charge in [0.15, 0.2) is 0 Å². The molecular formula is C15H16O3. The second kappa shape index (κ2) is 5.08. The Hall–Kier alpha value is -2.03. The van der Waals surface area contributed by atoms with Crippen molar-refractivity contribution in [3.63, 3.8) is 0 Å². The molecule has 0 aliphatic carbocycles. The summed E-state index contributed by atoms with van der Waals surface area (Å²) in [5.74, 6) is -0.729. The summed E-state index contributed by atoms with van der Waals surface area (Å²) in [4.78, 5) is 11.1. The van der Waals surface area contributed by atoms with Crippen molar-refractivity contribution in [3.05, 3.63) is 42.0 Å². The minimum absolute atomic E-state index is 0.521. The molecule has 1 unspecified atom stereocenters. The van der Waals surface area contributed by atoms with E-state index in [0.717, 1.165) is 16.3 Å². The first-order valence-electron chi connectivity index (χ1n) is 6.02. The Labute approximate surface area is 106 Å². The third-order valence-corrected chi connectivity index (χ3v) is 3.04. The van der Waals surface area contributed by atoms with E-state index in [4.69, 9.17) is 9.84 Å². The van der Waals surface area contributed by atoms with Gasteiger partial charge in [-0.15, -0.1) is 0 Å². The maximum atomic E-state index is 11.1. The highest BCUT2D eigenvalue weighted by Gasteiger charge is 2.19. The van der Waals surface area contributed by atoms with Crippen LogP contribution in [0.3, 0.4) is 0 Å². The predicted octanol–water partition coefficient (Wildman–Crippen LogP) is 3.43. The standard InChI is InChI=1S/C15H16O3/c1-3-18-14-12(10(2)15(16)17)9-8-11-6-4-5-7-13(11)14/h4-10H,3H2,1-2H3,(H,16,17). The number of hydrogen-bond donors (Lipinski definition) is 1. The van der Waals surface area contributed by atoms with Crippen LogP contribution in [0.2, 0.25) is 0 Å². The summed E-state index contributed by atoms with van der Waals surface area (Å²) in [5.41, 5.74) is 0.725. The van der Waals surface area contributed by atoms with Crippen molar-refractivity contribution in [2.75, 3.05) is 6.61 Å². The molecule has 18 heavy (non-hydrogen) atoms. The molecule has 1 N–H and O–H groups in total. The van der Waals surface area contributed by atoms with Gasteiger partial charge in [-0.2, -0.15) is 0 Å². The zero-order valence-electron chi connectivity index (χ0n) is 10.5. The van der Waals surface area contributed by atoms with Crippen molar-refractivity contribution >= 4 is 16.7 Å². The Morgan fingerprint density at radius 2 is 2.00 bits per heavy atom. The van der Waals surface area contributed by atoms with E-state index in [-0.39, 0.29) is 0 Å². The van der Waals surface area contributed by atoms with E-state index < -0.39 is 11.9 Å². The number of aliphatic carboxylic acids is 1. The Morgan fingerprint density at radius 3 is 2.67 bits per heavy atom. The van der Waals surface area contributed by atoms with Gasteiger partial charge in [-0.25, -0.2) is 0 Å². The normalized spacial score (nSPS) is 12.3. The predicted molar refractivity (Wildman–Crippen MR) is 71.2 cm³/mol. The highest BCUT2D eigenvalue weighted by molar-refractivity contribution is 5.91. The van der Waals surface area contributed by atoms with Gasteiger partial charge in [-0.3, -0.25) is 4.79 Å². The number of carbonyl (C=O) groups is 1. The molecule has 94 valence electrons. The molecule has 0 heterocycles. The van der Waals surface area contributed by atoms with Crippen LogP contribution < -0.4 is 4.74 Å². The lowest BCUT2D eigenvalue weighted by molar-refractivity contribution is -0.138. The maximum absolute atomic E-state index is 11.1. The van der Waals surface area contributed by atoms with Crippen molar-refractivity contribution in [1.82, 2.24) is 0 Å². The van der Waals surface area contributed by atoms with E-state index in [0.29, 0.717) is 12.4 Å². The molecule has 0 aromatic heterocycles. The lowest BCUT2D eigenvalue weighted by atomic mass is 9.96. The van der Waals surface area contributed by atoms with Crippen LogP contribution >= 0.6 is 0 Å². The molecule has 3 nitrogen and oxygen atoms in total. The van der Waals surface area contributed by atoms with Crippen molar-refractivity contribution < 1.29 is 14.6 Å². The first-order chi connectivity index (χ1) is 8.65. The summed E-state index contributed by atoms with van der Waals surface area (Å²) < 4.78 is 5.66. The topological polar surface area (TPSA) is 46.5 Å². The number of benzene rings is 2. The Bertz CT molecular complexity index is 575. The van der Waals surface area contributed by atoms with Crippen LogP contribution in [0.4, 0.5) is 0 Å². The zero-order chi connectivity index (χ0) is 13.1. The van der Waals surface area contributed by atoms with Crippen molar-refractivity contribution in [3.8, 4) is 5.75 Å². The van der Waals surface area contributed by atoms with Gasteiger partial charge in [-0.1, -0.05) is 36.4 Å². The van der Waals surface area contributed by atoms with E-state index >= 15 is 0 Å². The average molecular weight is 244 g/mol. The molecule has 0 saturated heterocycles. The largest absolute Gasteiger partial charge is 0.493 e. The third kappa shape index (κ3) is 2.16. The van der Waals surface area contributed by atoms with E-state index in [1.54, 1.807) is 6.92 Å². The smallest absolute Gasteiger partial charge is 0.310 e. The molecule has 0 aliphatic heterocycles. The highest BCUT2D eigenvalue weighted by Crippen LogP contribution is 2.34. The van der Waals surface area contributed by atoms with Crippen LogP contribution in [-0.4, -0.2) is 17.7 Å². The molecule has 0 bridgehead atoms. The van der Waals surface area contributed by atoms with E-state index in [1.807, 2.05) is 43.3 Å². The van der Waals surface area contributed by atoms with Crippen LogP contribution in [0.1, 0.15) is 25.3 Å². The Kier molecular flexibility index (Phi) is 3.51. The lowest BCUT2D eigenvalue weighted by Crippen LogP contribution is -2.09. The van der Waals surface area contributed by atoms with E-state index in [1.165, 1.54) is 0 Å². The second-order valence-electron chi connectivity index (χ2n) is 4.20. The summed E-state index contributed by atoms with van der Waals surface area (Å²) in [7, 11) is 0. The van der Waals surface area contributed by atoms with Gasteiger partial charge in [0.2, 0.25) is 0 Å². The van der Waals surface area contributed by atoms with Crippen LogP contribution in [0.15, 0.2) is 36.4 Å². The fraction of sp³-hybridized carbons (Fsp3) is 0.267. The van der Waals surface area contributed by atoms with Crippen LogP contribution in [0.5, 0.6) is 5.75 Å². The lowest BCUT2D eigenvalue weighted by Gasteiger charge is -2.16. The minimum atomic E-state index is -0.841. The van der Waals surface area contributed by atoms with Crippen LogP contribution in [-0.2, 0) is 4.79 Å². The molecule has 0 radical (unpaired) electrons. The molecule has 2 aromatic rings. The molecule has 2 aromatic carbocycles.